The third-order valence-electron chi connectivity index (χ3n) is 4.30. The number of halogens is 1. The van der Waals surface area contributed by atoms with Crippen LogP contribution in [0.25, 0.3) is 10.6 Å². The zero-order valence-electron chi connectivity index (χ0n) is 16.4. The SMILES string of the molecule is Cc1ccc(-c2nc(CCNC(=O)CCNS(=O)(=O)c3cccc(Cl)c3)cs2)cc1. The monoisotopic (exact) mass is 463 g/mol. The van der Waals surface area contributed by atoms with E-state index in [0.29, 0.717) is 18.0 Å². The van der Waals surface area contributed by atoms with Crippen LogP contribution in [0.1, 0.15) is 17.7 Å². The molecule has 3 aromatic rings. The summed E-state index contributed by atoms with van der Waals surface area (Å²) in [5.41, 5.74) is 3.19. The van der Waals surface area contributed by atoms with E-state index in [1.807, 2.05) is 24.4 Å². The first kappa shape index (κ1) is 22.4. The summed E-state index contributed by atoms with van der Waals surface area (Å²) in [4.78, 5) is 16.7. The highest BCUT2D eigenvalue weighted by molar-refractivity contribution is 7.89. The minimum absolute atomic E-state index is 0.00888. The van der Waals surface area contributed by atoms with E-state index in [9.17, 15) is 13.2 Å². The van der Waals surface area contributed by atoms with Crippen molar-refractivity contribution in [3.63, 3.8) is 0 Å². The Hall–Kier alpha value is -2.26. The van der Waals surface area contributed by atoms with Crippen LogP contribution in [0.15, 0.2) is 58.8 Å². The molecule has 0 radical (unpaired) electrons. The number of sulfonamides is 1. The van der Waals surface area contributed by atoms with Crippen LogP contribution in [0.4, 0.5) is 0 Å². The fraction of sp³-hybridized carbons (Fsp3) is 0.238. The maximum atomic E-state index is 12.2. The first-order valence-corrected chi connectivity index (χ1v) is 12.1. The molecule has 2 N–H and O–H groups in total. The number of nitrogens with zero attached hydrogens (tertiary/aromatic N) is 1. The fourth-order valence-corrected chi connectivity index (χ4v) is 4.88. The van der Waals surface area contributed by atoms with Gasteiger partial charge in [0, 0.05) is 41.9 Å². The number of aryl methyl sites for hydroxylation is 1. The molecule has 0 unspecified atom stereocenters. The molecule has 30 heavy (non-hydrogen) atoms. The molecule has 2 aromatic carbocycles. The van der Waals surface area contributed by atoms with Gasteiger partial charge in [-0.15, -0.1) is 11.3 Å². The van der Waals surface area contributed by atoms with Crippen molar-refractivity contribution in [3.05, 3.63) is 70.2 Å². The number of carbonyl (C=O) groups excluding carboxylic acids is 1. The summed E-state index contributed by atoms with van der Waals surface area (Å²) in [7, 11) is -3.69. The van der Waals surface area contributed by atoms with Crippen LogP contribution < -0.4 is 10.0 Å². The van der Waals surface area contributed by atoms with Crippen molar-refractivity contribution < 1.29 is 13.2 Å². The van der Waals surface area contributed by atoms with Gasteiger partial charge < -0.3 is 5.32 Å². The molecular formula is C21H22ClN3O3S2. The van der Waals surface area contributed by atoms with Crippen LogP contribution in [0.3, 0.4) is 0 Å². The van der Waals surface area contributed by atoms with Gasteiger partial charge in [-0.05, 0) is 25.1 Å². The number of benzene rings is 2. The summed E-state index contributed by atoms with van der Waals surface area (Å²) in [5.74, 6) is -0.224. The lowest BCUT2D eigenvalue weighted by atomic mass is 10.2. The molecule has 9 heteroatoms. The Kier molecular flexibility index (Phi) is 7.60. The summed E-state index contributed by atoms with van der Waals surface area (Å²) in [6, 6.07) is 14.2. The quantitative estimate of drug-likeness (QED) is 0.505. The van der Waals surface area contributed by atoms with Gasteiger partial charge >= 0.3 is 0 Å². The fourth-order valence-electron chi connectivity index (χ4n) is 2.69. The van der Waals surface area contributed by atoms with Gasteiger partial charge in [0.2, 0.25) is 15.9 Å². The number of amides is 1. The smallest absolute Gasteiger partial charge is 0.240 e. The molecule has 1 aromatic heterocycles. The standard InChI is InChI=1S/C21H22ClN3O3S2/c1-15-5-7-16(8-6-15)21-25-18(14-29-21)9-11-23-20(26)10-12-24-30(27,28)19-4-2-3-17(22)13-19/h2-8,13-14,24H,9-12H2,1H3,(H,23,26). The average molecular weight is 464 g/mol. The predicted molar refractivity (Wildman–Crippen MR) is 120 cm³/mol. The Bertz CT molecular complexity index is 1110. The second kappa shape index (κ2) is 10.2. The number of hydrogen-bond donors (Lipinski definition) is 2. The van der Waals surface area contributed by atoms with E-state index >= 15 is 0 Å². The first-order valence-electron chi connectivity index (χ1n) is 9.37. The molecule has 0 bridgehead atoms. The van der Waals surface area contributed by atoms with Crippen molar-refractivity contribution in [2.24, 2.45) is 0 Å². The average Bonchev–Trinajstić information content (AvgIpc) is 3.17. The van der Waals surface area contributed by atoms with Gasteiger partial charge in [0.25, 0.3) is 0 Å². The molecule has 1 heterocycles. The van der Waals surface area contributed by atoms with Crippen molar-refractivity contribution >= 4 is 38.9 Å². The highest BCUT2D eigenvalue weighted by atomic mass is 35.5. The molecule has 0 saturated carbocycles. The number of rotatable bonds is 9. The summed E-state index contributed by atoms with van der Waals surface area (Å²) in [6.07, 6.45) is 0.661. The lowest BCUT2D eigenvalue weighted by Crippen LogP contribution is -2.31. The van der Waals surface area contributed by atoms with Gasteiger partial charge in [0.05, 0.1) is 10.6 Å². The Morgan fingerprint density at radius 3 is 2.63 bits per heavy atom. The first-order chi connectivity index (χ1) is 14.3. The third-order valence-corrected chi connectivity index (χ3v) is 6.94. The topological polar surface area (TPSA) is 88.2 Å². The molecule has 0 atom stereocenters. The van der Waals surface area contributed by atoms with Crippen LogP contribution in [0.5, 0.6) is 0 Å². The Morgan fingerprint density at radius 2 is 1.90 bits per heavy atom. The maximum absolute atomic E-state index is 12.2. The van der Waals surface area contributed by atoms with Crippen LogP contribution in [-0.2, 0) is 21.2 Å². The van der Waals surface area contributed by atoms with Gasteiger partial charge in [-0.25, -0.2) is 18.1 Å². The molecule has 0 aliphatic rings. The van der Waals surface area contributed by atoms with Gasteiger partial charge in [0.15, 0.2) is 0 Å². The summed E-state index contributed by atoms with van der Waals surface area (Å²) >= 11 is 7.40. The second-order valence-corrected chi connectivity index (χ2v) is 9.78. The number of carbonyl (C=O) groups is 1. The van der Waals surface area contributed by atoms with E-state index in [2.05, 4.69) is 27.2 Å². The van der Waals surface area contributed by atoms with Gasteiger partial charge in [-0.2, -0.15) is 0 Å². The number of thiazole rings is 1. The van der Waals surface area contributed by atoms with E-state index in [0.717, 1.165) is 16.3 Å². The van der Waals surface area contributed by atoms with E-state index in [-0.39, 0.29) is 23.8 Å². The zero-order chi connectivity index (χ0) is 21.6. The van der Waals surface area contributed by atoms with E-state index in [1.165, 1.54) is 17.7 Å². The second-order valence-electron chi connectivity index (χ2n) is 6.72. The summed E-state index contributed by atoms with van der Waals surface area (Å²) in [6.45, 7) is 2.49. The number of nitrogens with one attached hydrogen (secondary N) is 2. The molecule has 0 aliphatic carbocycles. The van der Waals surface area contributed by atoms with Crippen LogP contribution >= 0.6 is 22.9 Å². The normalized spacial score (nSPS) is 11.4. The largest absolute Gasteiger partial charge is 0.356 e. The molecule has 158 valence electrons. The Morgan fingerprint density at radius 1 is 1.13 bits per heavy atom. The number of aromatic nitrogens is 1. The van der Waals surface area contributed by atoms with Crippen LogP contribution in [0.2, 0.25) is 5.02 Å². The lowest BCUT2D eigenvalue weighted by molar-refractivity contribution is -0.120. The molecule has 3 rings (SSSR count). The molecule has 1 amide bonds. The highest BCUT2D eigenvalue weighted by Crippen LogP contribution is 2.24. The van der Waals surface area contributed by atoms with Gasteiger partial charge in [-0.1, -0.05) is 47.5 Å². The van der Waals surface area contributed by atoms with Gasteiger partial charge in [0.1, 0.15) is 5.01 Å². The minimum atomic E-state index is -3.69. The maximum Gasteiger partial charge on any atom is 0.240 e. The van der Waals surface area contributed by atoms with E-state index in [4.69, 9.17) is 11.6 Å². The van der Waals surface area contributed by atoms with Crippen LogP contribution in [0, 0.1) is 6.92 Å². The van der Waals surface area contributed by atoms with Crippen molar-refractivity contribution in [2.75, 3.05) is 13.1 Å². The number of hydrogen-bond acceptors (Lipinski definition) is 5. The van der Waals surface area contributed by atoms with Crippen molar-refractivity contribution in [1.29, 1.82) is 0 Å². The van der Waals surface area contributed by atoms with Crippen LogP contribution in [-0.4, -0.2) is 32.4 Å². The molecule has 6 nitrogen and oxygen atoms in total. The molecular weight excluding hydrogens is 442 g/mol. The third kappa shape index (κ3) is 6.37. The Labute approximate surface area is 185 Å². The van der Waals surface area contributed by atoms with Crippen molar-refractivity contribution in [3.8, 4) is 10.6 Å². The zero-order valence-corrected chi connectivity index (χ0v) is 18.8. The summed E-state index contributed by atoms with van der Waals surface area (Å²) < 4.78 is 26.8. The predicted octanol–water partition coefficient (Wildman–Crippen LogP) is 3.80. The van der Waals surface area contributed by atoms with Crippen molar-refractivity contribution in [1.82, 2.24) is 15.0 Å². The highest BCUT2D eigenvalue weighted by Gasteiger charge is 2.14. The molecule has 0 fully saturated rings. The van der Waals surface area contributed by atoms with Crippen molar-refractivity contribution in [2.45, 2.75) is 24.7 Å². The van der Waals surface area contributed by atoms with E-state index < -0.39 is 10.0 Å². The minimum Gasteiger partial charge on any atom is -0.356 e. The lowest BCUT2D eigenvalue weighted by Gasteiger charge is -2.07. The Balaban J connectivity index is 1.41. The van der Waals surface area contributed by atoms with E-state index in [1.54, 1.807) is 23.5 Å². The molecule has 0 saturated heterocycles. The molecule has 0 aliphatic heterocycles. The molecule has 0 spiro atoms. The summed E-state index contributed by atoms with van der Waals surface area (Å²) in [5, 5.41) is 6.07. The van der Waals surface area contributed by atoms with Gasteiger partial charge in [-0.3, -0.25) is 4.79 Å².